The van der Waals surface area contributed by atoms with Crippen LogP contribution >= 0.6 is 11.6 Å². The smallest absolute Gasteiger partial charge is 0.128 e. The van der Waals surface area contributed by atoms with E-state index in [1.54, 1.807) is 0 Å². The van der Waals surface area contributed by atoms with E-state index in [-0.39, 0.29) is 0 Å². The lowest BCUT2D eigenvalue weighted by atomic mass is 10.2. The van der Waals surface area contributed by atoms with E-state index in [0.29, 0.717) is 11.9 Å². The summed E-state index contributed by atoms with van der Waals surface area (Å²) in [6.45, 7) is 0. The molecule has 1 aliphatic carbocycles. The number of alkyl halides is 1. The van der Waals surface area contributed by atoms with Crippen LogP contribution in [0.5, 0.6) is 0 Å². The Hall–Kier alpha value is -0.760. The second kappa shape index (κ2) is 4.84. The van der Waals surface area contributed by atoms with Gasteiger partial charge in [0, 0.05) is 25.2 Å². The predicted molar refractivity (Wildman–Crippen MR) is 64.5 cm³/mol. The predicted octanol–water partition coefficient (Wildman–Crippen LogP) is 3.20. The van der Waals surface area contributed by atoms with Crippen LogP contribution in [0.2, 0.25) is 0 Å². The summed E-state index contributed by atoms with van der Waals surface area (Å²) in [5.74, 6) is 1.61. The summed E-state index contributed by atoms with van der Waals surface area (Å²) in [7, 11) is 2.14. The number of pyridine rings is 1. The van der Waals surface area contributed by atoms with Crippen molar-refractivity contribution in [1.29, 1.82) is 0 Å². The first kappa shape index (κ1) is 10.7. The molecule has 2 nitrogen and oxygen atoms in total. The van der Waals surface area contributed by atoms with Crippen LogP contribution in [0.1, 0.15) is 31.2 Å². The molecule has 1 saturated carbocycles. The Balaban J connectivity index is 2.07. The quantitative estimate of drug-likeness (QED) is 0.733. The normalized spacial score (nSPS) is 16.9. The highest BCUT2D eigenvalue weighted by Crippen LogP contribution is 2.25. The molecule has 1 aromatic rings. The lowest BCUT2D eigenvalue weighted by molar-refractivity contribution is 0.646. The number of hydrogen-bond donors (Lipinski definition) is 0. The third kappa shape index (κ3) is 2.43. The maximum atomic E-state index is 5.73. The number of halogens is 1. The van der Waals surface area contributed by atoms with Crippen LogP contribution in [0.25, 0.3) is 0 Å². The average Bonchev–Trinajstić information content (AvgIpc) is 2.82. The van der Waals surface area contributed by atoms with Crippen LogP contribution in [0.4, 0.5) is 5.82 Å². The van der Waals surface area contributed by atoms with Gasteiger partial charge >= 0.3 is 0 Å². The summed E-state index contributed by atoms with van der Waals surface area (Å²) in [6.07, 6.45) is 7.18. The van der Waals surface area contributed by atoms with Crippen LogP contribution < -0.4 is 4.90 Å². The van der Waals surface area contributed by atoms with Gasteiger partial charge < -0.3 is 4.90 Å². The van der Waals surface area contributed by atoms with E-state index < -0.39 is 0 Å². The minimum absolute atomic E-state index is 0.542. The minimum Gasteiger partial charge on any atom is -0.357 e. The molecule has 82 valence electrons. The molecule has 0 aliphatic heterocycles. The van der Waals surface area contributed by atoms with E-state index in [2.05, 4.69) is 29.1 Å². The molecule has 0 aromatic carbocycles. The van der Waals surface area contributed by atoms with Crippen LogP contribution in [0.3, 0.4) is 0 Å². The fourth-order valence-electron chi connectivity index (χ4n) is 2.18. The lowest BCUT2D eigenvalue weighted by Gasteiger charge is -2.25. The molecule has 1 aromatic heterocycles. The molecule has 1 heterocycles. The van der Waals surface area contributed by atoms with E-state index in [1.807, 2.05) is 6.20 Å². The monoisotopic (exact) mass is 224 g/mol. The first-order valence-electron chi connectivity index (χ1n) is 5.55. The number of hydrogen-bond acceptors (Lipinski definition) is 2. The van der Waals surface area contributed by atoms with Gasteiger partial charge in [-0.3, -0.25) is 0 Å². The van der Waals surface area contributed by atoms with E-state index in [0.717, 1.165) is 11.4 Å². The van der Waals surface area contributed by atoms with Crippen molar-refractivity contribution in [2.45, 2.75) is 37.6 Å². The second-order valence-corrected chi connectivity index (χ2v) is 4.47. The highest BCUT2D eigenvalue weighted by molar-refractivity contribution is 6.17. The molecule has 1 aliphatic rings. The maximum Gasteiger partial charge on any atom is 0.128 e. The highest BCUT2D eigenvalue weighted by atomic mass is 35.5. The molecule has 0 atom stereocenters. The molecule has 0 radical (unpaired) electrons. The molecule has 15 heavy (non-hydrogen) atoms. The Labute approximate surface area is 96.3 Å². The van der Waals surface area contributed by atoms with Crippen LogP contribution in [-0.2, 0) is 5.88 Å². The first-order valence-corrected chi connectivity index (χ1v) is 6.08. The van der Waals surface area contributed by atoms with Gasteiger partial charge in [-0.15, -0.1) is 11.6 Å². The van der Waals surface area contributed by atoms with E-state index in [9.17, 15) is 0 Å². The number of nitrogens with zero attached hydrogens (tertiary/aromatic N) is 2. The molecule has 0 unspecified atom stereocenters. The summed E-state index contributed by atoms with van der Waals surface area (Å²) in [6, 6.07) is 4.80. The van der Waals surface area contributed by atoms with Crippen molar-refractivity contribution in [2.75, 3.05) is 11.9 Å². The number of aromatic nitrogens is 1. The van der Waals surface area contributed by atoms with Gasteiger partial charge in [0.2, 0.25) is 0 Å². The molecule has 3 heteroatoms. The molecule has 0 saturated heterocycles. The summed E-state index contributed by atoms with van der Waals surface area (Å²) in [4.78, 5) is 6.73. The molecular weight excluding hydrogens is 208 g/mol. The Morgan fingerprint density at radius 3 is 2.67 bits per heavy atom. The Morgan fingerprint density at radius 2 is 2.13 bits per heavy atom. The molecular formula is C12H17ClN2. The van der Waals surface area contributed by atoms with Crippen molar-refractivity contribution in [3.05, 3.63) is 23.9 Å². The Morgan fingerprint density at radius 1 is 1.40 bits per heavy atom. The van der Waals surface area contributed by atoms with Crippen LogP contribution in [0.15, 0.2) is 18.3 Å². The van der Waals surface area contributed by atoms with E-state index in [4.69, 9.17) is 11.6 Å². The van der Waals surface area contributed by atoms with Crippen molar-refractivity contribution < 1.29 is 0 Å². The minimum atomic E-state index is 0.542. The summed E-state index contributed by atoms with van der Waals surface area (Å²) >= 11 is 5.73. The summed E-state index contributed by atoms with van der Waals surface area (Å²) < 4.78 is 0. The summed E-state index contributed by atoms with van der Waals surface area (Å²) in [5.41, 5.74) is 1.08. The molecule has 1 fully saturated rings. The van der Waals surface area contributed by atoms with Gasteiger partial charge in [-0.1, -0.05) is 18.9 Å². The van der Waals surface area contributed by atoms with Crippen molar-refractivity contribution in [3.8, 4) is 0 Å². The van der Waals surface area contributed by atoms with Gasteiger partial charge in [0.25, 0.3) is 0 Å². The number of rotatable bonds is 3. The third-order valence-corrected chi connectivity index (χ3v) is 3.51. The van der Waals surface area contributed by atoms with Gasteiger partial charge in [0.05, 0.1) is 0 Å². The van der Waals surface area contributed by atoms with Crippen molar-refractivity contribution in [1.82, 2.24) is 4.98 Å². The molecule has 0 bridgehead atoms. The zero-order chi connectivity index (χ0) is 10.7. The fourth-order valence-corrected chi connectivity index (χ4v) is 2.34. The first-order chi connectivity index (χ1) is 7.31. The van der Waals surface area contributed by atoms with Crippen molar-refractivity contribution in [2.24, 2.45) is 0 Å². The summed E-state index contributed by atoms with van der Waals surface area (Å²) in [5, 5.41) is 0. The van der Waals surface area contributed by atoms with Crippen LogP contribution in [-0.4, -0.2) is 18.1 Å². The topological polar surface area (TPSA) is 16.1 Å². The number of anilines is 1. The van der Waals surface area contributed by atoms with E-state index in [1.165, 1.54) is 25.7 Å². The van der Waals surface area contributed by atoms with Gasteiger partial charge in [0.15, 0.2) is 0 Å². The third-order valence-electron chi connectivity index (χ3n) is 3.20. The highest BCUT2D eigenvalue weighted by Gasteiger charge is 2.20. The van der Waals surface area contributed by atoms with E-state index >= 15 is 0 Å². The Kier molecular flexibility index (Phi) is 3.47. The Bertz CT molecular complexity index is 304. The van der Waals surface area contributed by atoms with Crippen LogP contribution in [0, 0.1) is 0 Å². The zero-order valence-corrected chi connectivity index (χ0v) is 9.87. The van der Waals surface area contributed by atoms with Crippen molar-refractivity contribution >= 4 is 17.4 Å². The zero-order valence-electron chi connectivity index (χ0n) is 9.12. The van der Waals surface area contributed by atoms with Gasteiger partial charge in [-0.25, -0.2) is 4.98 Å². The SMILES string of the molecule is CN(c1ccc(CCl)cn1)C1CCCC1. The second-order valence-electron chi connectivity index (χ2n) is 4.21. The largest absolute Gasteiger partial charge is 0.357 e. The molecule has 0 N–H and O–H groups in total. The van der Waals surface area contributed by atoms with Gasteiger partial charge in [0.1, 0.15) is 5.82 Å². The van der Waals surface area contributed by atoms with Gasteiger partial charge in [-0.05, 0) is 24.5 Å². The maximum absolute atomic E-state index is 5.73. The average molecular weight is 225 g/mol. The fraction of sp³-hybridized carbons (Fsp3) is 0.583. The van der Waals surface area contributed by atoms with Gasteiger partial charge in [-0.2, -0.15) is 0 Å². The molecule has 2 rings (SSSR count). The standard InChI is InChI=1S/C12H17ClN2/c1-15(11-4-2-3-5-11)12-7-6-10(8-13)9-14-12/h6-7,9,11H,2-5,8H2,1H3. The molecule has 0 amide bonds. The van der Waals surface area contributed by atoms with Crippen molar-refractivity contribution in [3.63, 3.8) is 0 Å². The lowest BCUT2D eigenvalue weighted by Crippen LogP contribution is -2.29. The molecule has 0 spiro atoms.